The van der Waals surface area contributed by atoms with Gasteiger partial charge in [0.05, 0.1) is 16.8 Å². The van der Waals surface area contributed by atoms with E-state index in [4.69, 9.17) is 21.8 Å². The fourth-order valence-electron chi connectivity index (χ4n) is 1.98. The lowest BCUT2D eigenvalue weighted by molar-refractivity contribution is 0.100. The predicted molar refractivity (Wildman–Crippen MR) is 80.1 cm³/mol. The monoisotopic (exact) mass is 292 g/mol. The van der Waals surface area contributed by atoms with Crippen molar-refractivity contribution >= 4 is 23.2 Å². The highest BCUT2D eigenvalue weighted by molar-refractivity contribution is 6.34. The van der Waals surface area contributed by atoms with Crippen LogP contribution in [0.1, 0.15) is 29.5 Å². The van der Waals surface area contributed by atoms with Crippen molar-refractivity contribution in [3.8, 4) is 0 Å². The van der Waals surface area contributed by atoms with E-state index in [0.29, 0.717) is 10.6 Å². The molecule has 0 spiro atoms. The fourth-order valence-corrected chi connectivity index (χ4v) is 2.25. The molecular formula is C15H17ClN2O2. The molecule has 0 aliphatic heterocycles. The van der Waals surface area contributed by atoms with Crippen LogP contribution >= 0.6 is 11.6 Å². The summed E-state index contributed by atoms with van der Waals surface area (Å²) in [7, 11) is 0. The van der Waals surface area contributed by atoms with Gasteiger partial charge in [0.15, 0.2) is 0 Å². The highest BCUT2D eigenvalue weighted by atomic mass is 35.5. The second-order valence-electron chi connectivity index (χ2n) is 4.72. The molecule has 2 rings (SSSR count). The second-order valence-corrected chi connectivity index (χ2v) is 5.13. The second kappa shape index (κ2) is 6.48. The molecule has 1 atom stereocenters. The van der Waals surface area contributed by atoms with Crippen LogP contribution in [0.25, 0.3) is 0 Å². The highest BCUT2D eigenvalue weighted by Gasteiger charge is 2.09. The summed E-state index contributed by atoms with van der Waals surface area (Å²) < 4.78 is 5.30. The third-order valence-corrected chi connectivity index (χ3v) is 3.36. The summed E-state index contributed by atoms with van der Waals surface area (Å²) in [5.74, 6) is 0.452. The molecule has 1 heterocycles. The normalized spacial score (nSPS) is 12.1. The summed E-state index contributed by atoms with van der Waals surface area (Å²) in [6.45, 7) is 2.08. The van der Waals surface area contributed by atoms with Crippen LogP contribution in [0, 0.1) is 0 Å². The summed E-state index contributed by atoms with van der Waals surface area (Å²) >= 11 is 6.01. The predicted octanol–water partition coefficient (Wildman–Crippen LogP) is 3.47. The van der Waals surface area contributed by atoms with Crippen LogP contribution in [0.15, 0.2) is 41.0 Å². The van der Waals surface area contributed by atoms with Crippen LogP contribution < -0.4 is 11.1 Å². The largest absolute Gasteiger partial charge is 0.469 e. The molecule has 4 nitrogen and oxygen atoms in total. The van der Waals surface area contributed by atoms with E-state index in [0.717, 1.165) is 24.3 Å². The van der Waals surface area contributed by atoms with Gasteiger partial charge < -0.3 is 15.5 Å². The van der Waals surface area contributed by atoms with E-state index in [2.05, 4.69) is 12.2 Å². The lowest BCUT2D eigenvalue weighted by atomic mass is 10.1. The lowest BCUT2D eigenvalue weighted by Gasteiger charge is -2.15. The molecule has 0 saturated heterocycles. The molecule has 5 heteroatoms. The average Bonchev–Trinajstić information content (AvgIpc) is 2.89. The summed E-state index contributed by atoms with van der Waals surface area (Å²) in [5, 5.41) is 3.69. The first-order valence-electron chi connectivity index (χ1n) is 6.44. The van der Waals surface area contributed by atoms with Crippen LogP contribution in [-0.4, -0.2) is 11.9 Å². The van der Waals surface area contributed by atoms with Crippen LogP contribution in [0.5, 0.6) is 0 Å². The van der Waals surface area contributed by atoms with Crippen molar-refractivity contribution < 1.29 is 9.21 Å². The number of halogens is 1. The molecule has 0 saturated carbocycles. The third kappa shape index (κ3) is 3.78. The molecule has 0 aliphatic rings. The molecule has 1 aromatic heterocycles. The van der Waals surface area contributed by atoms with Gasteiger partial charge in [-0.15, -0.1) is 0 Å². The molecular weight excluding hydrogens is 276 g/mol. The molecule has 1 unspecified atom stereocenters. The topological polar surface area (TPSA) is 68.3 Å². The van der Waals surface area contributed by atoms with E-state index in [9.17, 15) is 4.79 Å². The standard InChI is InChI=1S/C15H17ClN2O2/c1-10(4-6-12-3-2-8-20-12)18-11-5-7-13(15(17)19)14(16)9-11/h2-3,5,7-10,18H,4,6H2,1H3,(H2,17,19). The Kier molecular flexibility index (Phi) is 4.69. The number of nitrogens with two attached hydrogens (primary N) is 1. The van der Waals surface area contributed by atoms with Crippen molar-refractivity contribution in [2.75, 3.05) is 5.32 Å². The molecule has 2 aromatic rings. The van der Waals surface area contributed by atoms with Crippen molar-refractivity contribution in [2.45, 2.75) is 25.8 Å². The number of primary amides is 1. The van der Waals surface area contributed by atoms with Crippen molar-refractivity contribution in [3.05, 3.63) is 52.9 Å². The quantitative estimate of drug-likeness (QED) is 0.856. The van der Waals surface area contributed by atoms with E-state index in [-0.39, 0.29) is 6.04 Å². The smallest absolute Gasteiger partial charge is 0.250 e. The summed E-state index contributed by atoms with van der Waals surface area (Å²) in [5.41, 5.74) is 6.41. The number of furan rings is 1. The Labute approximate surface area is 122 Å². The summed E-state index contributed by atoms with van der Waals surface area (Å²) in [6, 6.07) is 9.25. The number of rotatable bonds is 6. The zero-order chi connectivity index (χ0) is 14.5. The van der Waals surface area contributed by atoms with Crippen molar-refractivity contribution in [1.29, 1.82) is 0 Å². The van der Waals surface area contributed by atoms with Gasteiger partial charge in [0.25, 0.3) is 0 Å². The van der Waals surface area contributed by atoms with E-state index >= 15 is 0 Å². The summed E-state index contributed by atoms with van der Waals surface area (Å²) in [4.78, 5) is 11.1. The van der Waals surface area contributed by atoms with E-state index in [1.54, 1.807) is 24.5 Å². The Morgan fingerprint density at radius 3 is 2.85 bits per heavy atom. The van der Waals surface area contributed by atoms with Gasteiger partial charge in [-0.1, -0.05) is 11.6 Å². The minimum atomic E-state index is -0.521. The molecule has 1 amide bonds. The maximum atomic E-state index is 11.1. The van der Waals surface area contributed by atoms with Gasteiger partial charge in [0.1, 0.15) is 5.76 Å². The average molecular weight is 293 g/mol. The van der Waals surface area contributed by atoms with Crippen LogP contribution in [0.2, 0.25) is 5.02 Å². The van der Waals surface area contributed by atoms with Gasteiger partial charge in [-0.05, 0) is 43.7 Å². The van der Waals surface area contributed by atoms with E-state index in [1.807, 2.05) is 12.1 Å². The first-order chi connectivity index (χ1) is 9.56. The van der Waals surface area contributed by atoms with Crippen molar-refractivity contribution in [1.82, 2.24) is 0 Å². The number of anilines is 1. The van der Waals surface area contributed by atoms with Crippen LogP contribution in [0.4, 0.5) is 5.69 Å². The van der Waals surface area contributed by atoms with Gasteiger partial charge in [-0.3, -0.25) is 4.79 Å². The molecule has 0 fully saturated rings. The molecule has 106 valence electrons. The number of hydrogen-bond donors (Lipinski definition) is 2. The van der Waals surface area contributed by atoms with Crippen LogP contribution in [-0.2, 0) is 6.42 Å². The van der Waals surface area contributed by atoms with Crippen molar-refractivity contribution in [3.63, 3.8) is 0 Å². The number of aryl methyl sites for hydroxylation is 1. The van der Waals surface area contributed by atoms with E-state index < -0.39 is 5.91 Å². The van der Waals surface area contributed by atoms with Gasteiger partial charge in [0, 0.05) is 18.2 Å². The summed E-state index contributed by atoms with van der Waals surface area (Å²) in [6.07, 6.45) is 3.48. The third-order valence-electron chi connectivity index (χ3n) is 3.05. The number of carbonyl (C=O) groups is 1. The molecule has 0 bridgehead atoms. The maximum Gasteiger partial charge on any atom is 0.250 e. The molecule has 0 radical (unpaired) electrons. The number of nitrogens with one attached hydrogen (secondary N) is 1. The first-order valence-corrected chi connectivity index (χ1v) is 6.82. The lowest BCUT2D eigenvalue weighted by Crippen LogP contribution is -2.16. The molecule has 20 heavy (non-hydrogen) atoms. The number of carbonyl (C=O) groups excluding carboxylic acids is 1. The number of benzene rings is 1. The van der Waals surface area contributed by atoms with Crippen LogP contribution in [0.3, 0.4) is 0 Å². The highest BCUT2D eigenvalue weighted by Crippen LogP contribution is 2.21. The Hall–Kier alpha value is -1.94. The minimum Gasteiger partial charge on any atom is -0.469 e. The molecule has 3 N–H and O–H groups in total. The Morgan fingerprint density at radius 2 is 2.25 bits per heavy atom. The minimum absolute atomic E-state index is 0.260. The van der Waals surface area contributed by atoms with Gasteiger partial charge in [-0.25, -0.2) is 0 Å². The SMILES string of the molecule is CC(CCc1ccco1)Nc1ccc(C(N)=O)c(Cl)c1. The molecule has 1 aromatic carbocycles. The van der Waals surface area contributed by atoms with E-state index in [1.165, 1.54) is 0 Å². The van der Waals surface area contributed by atoms with Gasteiger partial charge in [0.2, 0.25) is 5.91 Å². The zero-order valence-electron chi connectivity index (χ0n) is 11.2. The Bertz CT molecular complexity index is 582. The van der Waals surface area contributed by atoms with Gasteiger partial charge >= 0.3 is 0 Å². The maximum absolute atomic E-state index is 11.1. The Balaban J connectivity index is 1.92. The zero-order valence-corrected chi connectivity index (χ0v) is 12.0. The van der Waals surface area contributed by atoms with Crippen molar-refractivity contribution in [2.24, 2.45) is 5.73 Å². The fraction of sp³-hybridized carbons (Fsp3) is 0.267. The molecule has 0 aliphatic carbocycles. The number of amides is 1. The first kappa shape index (κ1) is 14.5. The number of hydrogen-bond acceptors (Lipinski definition) is 3. The Morgan fingerprint density at radius 1 is 1.45 bits per heavy atom. The van der Waals surface area contributed by atoms with Gasteiger partial charge in [-0.2, -0.15) is 0 Å².